The van der Waals surface area contributed by atoms with Crippen LogP contribution in [0.1, 0.15) is 21.5 Å². The highest BCUT2D eigenvalue weighted by atomic mass is 16.1. The predicted molar refractivity (Wildman–Crippen MR) is 105 cm³/mol. The van der Waals surface area contributed by atoms with Crippen LogP contribution < -0.4 is 5.32 Å². The summed E-state index contributed by atoms with van der Waals surface area (Å²) in [5.41, 5.74) is 6.68. The molecule has 1 heterocycles. The van der Waals surface area contributed by atoms with Crippen LogP contribution in [0.2, 0.25) is 0 Å². The van der Waals surface area contributed by atoms with E-state index in [1.165, 1.54) is 0 Å². The van der Waals surface area contributed by atoms with Gasteiger partial charge in [-0.05, 0) is 67.4 Å². The lowest BCUT2D eigenvalue weighted by Gasteiger charge is -2.11. The van der Waals surface area contributed by atoms with Crippen LogP contribution in [-0.4, -0.2) is 15.5 Å². The molecule has 0 spiro atoms. The molecule has 0 radical (unpaired) electrons. The summed E-state index contributed by atoms with van der Waals surface area (Å²) in [4.78, 5) is 17.0. The van der Waals surface area contributed by atoms with Gasteiger partial charge in [0.2, 0.25) is 0 Å². The second-order valence-electron chi connectivity index (χ2n) is 6.35. The molecular formula is C22H19N3O. The highest BCUT2D eigenvalue weighted by Crippen LogP contribution is 2.21. The van der Waals surface area contributed by atoms with E-state index in [1.54, 1.807) is 6.33 Å². The van der Waals surface area contributed by atoms with Crippen molar-refractivity contribution in [1.82, 2.24) is 9.55 Å². The summed E-state index contributed by atoms with van der Waals surface area (Å²) in [6, 6.07) is 21.4. The van der Waals surface area contributed by atoms with Gasteiger partial charge < -0.3 is 5.32 Å². The first-order valence-corrected chi connectivity index (χ1v) is 8.53. The van der Waals surface area contributed by atoms with Gasteiger partial charge in [0, 0.05) is 16.9 Å². The van der Waals surface area contributed by atoms with E-state index in [9.17, 15) is 4.79 Å². The van der Waals surface area contributed by atoms with Crippen LogP contribution in [0.5, 0.6) is 0 Å². The number of carbonyl (C=O) groups excluding carboxylic acids is 1. The fourth-order valence-corrected chi connectivity index (χ4v) is 3.02. The fourth-order valence-electron chi connectivity index (χ4n) is 3.02. The lowest BCUT2D eigenvalue weighted by molar-refractivity contribution is 0.102. The molecule has 4 aromatic rings. The third-order valence-electron chi connectivity index (χ3n) is 4.71. The van der Waals surface area contributed by atoms with Crippen LogP contribution in [-0.2, 0) is 0 Å². The average Bonchev–Trinajstić information content (AvgIpc) is 3.10. The summed E-state index contributed by atoms with van der Waals surface area (Å²) >= 11 is 0. The fraction of sp³-hybridized carbons (Fsp3) is 0.0909. The minimum Gasteiger partial charge on any atom is -0.322 e. The standard InChI is InChI=1S/C22H19N3O/c1-15-6-5-8-19(16(15)2)24-22(26)17-10-12-18(13-11-17)25-14-23-20-7-3-4-9-21(20)25/h3-14H,1-2H3,(H,24,26). The topological polar surface area (TPSA) is 46.9 Å². The summed E-state index contributed by atoms with van der Waals surface area (Å²) in [5, 5.41) is 2.99. The van der Waals surface area contributed by atoms with Crippen LogP contribution in [0, 0.1) is 13.8 Å². The number of imidazole rings is 1. The molecule has 0 aliphatic rings. The van der Waals surface area contributed by atoms with Crippen molar-refractivity contribution in [2.75, 3.05) is 5.32 Å². The number of hydrogen-bond acceptors (Lipinski definition) is 2. The van der Waals surface area contributed by atoms with Crippen molar-refractivity contribution in [1.29, 1.82) is 0 Å². The van der Waals surface area contributed by atoms with Gasteiger partial charge in [0.1, 0.15) is 6.33 Å². The van der Waals surface area contributed by atoms with Gasteiger partial charge >= 0.3 is 0 Å². The first-order chi connectivity index (χ1) is 12.6. The van der Waals surface area contributed by atoms with E-state index in [4.69, 9.17) is 0 Å². The Morgan fingerprint density at radius 1 is 0.923 bits per heavy atom. The van der Waals surface area contributed by atoms with Crippen molar-refractivity contribution in [3.63, 3.8) is 0 Å². The Morgan fingerprint density at radius 2 is 1.69 bits per heavy atom. The number of benzene rings is 3. The summed E-state index contributed by atoms with van der Waals surface area (Å²) in [5.74, 6) is -0.110. The van der Waals surface area contributed by atoms with Crippen molar-refractivity contribution in [2.24, 2.45) is 0 Å². The van der Waals surface area contributed by atoms with Gasteiger partial charge in [-0.3, -0.25) is 9.36 Å². The van der Waals surface area contributed by atoms with Gasteiger partial charge in [-0.1, -0.05) is 24.3 Å². The number of aryl methyl sites for hydroxylation is 1. The SMILES string of the molecule is Cc1cccc(NC(=O)c2ccc(-n3cnc4ccccc43)cc2)c1C. The number of nitrogens with one attached hydrogen (secondary N) is 1. The van der Waals surface area contributed by atoms with Crippen molar-refractivity contribution in [3.05, 3.63) is 89.7 Å². The molecule has 3 aromatic carbocycles. The number of carbonyl (C=O) groups is 1. The molecule has 0 bridgehead atoms. The number of rotatable bonds is 3. The molecule has 128 valence electrons. The molecule has 4 nitrogen and oxygen atoms in total. The highest BCUT2D eigenvalue weighted by molar-refractivity contribution is 6.04. The Labute approximate surface area is 152 Å². The quantitative estimate of drug-likeness (QED) is 0.576. The molecule has 0 fully saturated rings. The van der Waals surface area contributed by atoms with Crippen LogP contribution in [0.3, 0.4) is 0 Å². The third-order valence-corrected chi connectivity index (χ3v) is 4.71. The van der Waals surface area contributed by atoms with E-state index in [-0.39, 0.29) is 5.91 Å². The first kappa shape index (κ1) is 16.1. The second-order valence-corrected chi connectivity index (χ2v) is 6.35. The maximum Gasteiger partial charge on any atom is 0.255 e. The van der Waals surface area contributed by atoms with E-state index >= 15 is 0 Å². The second kappa shape index (κ2) is 6.48. The molecule has 0 aliphatic heterocycles. The van der Waals surface area contributed by atoms with Gasteiger partial charge in [0.25, 0.3) is 5.91 Å². The maximum atomic E-state index is 12.6. The molecule has 1 aromatic heterocycles. The Balaban J connectivity index is 1.59. The minimum atomic E-state index is -0.110. The lowest BCUT2D eigenvalue weighted by Crippen LogP contribution is -2.13. The van der Waals surface area contributed by atoms with Crippen LogP contribution in [0.25, 0.3) is 16.7 Å². The third kappa shape index (κ3) is 2.86. The van der Waals surface area contributed by atoms with E-state index in [2.05, 4.69) is 10.3 Å². The van der Waals surface area contributed by atoms with Crippen LogP contribution >= 0.6 is 0 Å². The highest BCUT2D eigenvalue weighted by Gasteiger charge is 2.10. The summed E-state index contributed by atoms with van der Waals surface area (Å²) < 4.78 is 2.02. The Morgan fingerprint density at radius 3 is 2.50 bits per heavy atom. The van der Waals surface area contributed by atoms with E-state index in [1.807, 2.05) is 85.1 Å². The summed E-state index contributed by atoms with van der Waals surface area (Å²) in [6.45, 7) is 4.05. The van der Waals surface area contributed by atoms with Gasteiger partial charge in [-0.25, -0.2) is 4.98 Å². The first-order valence-electron chi connectivity index (χ1n) is 8.53. The zero-order chi connectivity index (χ0) is 18.1. The van der Waals surface area contributed by atoms with E-state index in [0.29, 0.717) is 5.56 Å². The molecule has 4 rings (SSSR count). The monoisotopic (exact) mass is 341 g/mol. The van der Waals surface area contributed by atoms with Gasteiger partial charge in [-0.15, -0.1) is 0 Å². The number of anilines is 1. The molecule has 0 unspecified atom stereocenters. The maximum absolute atomic E-state index is 12.6. The predicted octanol–water partition coefficient (Wildman–Crippen LogP) is 4.89. The minimum absolute atomic E-state index is 0.110. The Kier molecular flexibility index (Phi) is 4.01. The van der Waals surface area contributed by atoms with Crippen molar-refractivity contribution < 1.29 is 4.79 Å². The Bertz CT molecular complexity index is 1090. The van der Waals surface area contributed by atoms with Crippen molar-refractivity contribution in [2.45, 2.75) is 13.8 Å². The van der Waals surface area contributed by atoms with Gasteiger partial charge in [0.05, 0.1) is 11.0 Å². The number of hydrogen-bond donors (Lipinski definition) is 1. The molecule has 0 aliphatic carbocycles. The molecule has 0 saturated heterocycles. The summed E-state index contributed by atoms with van der Waals surface area (Å²) in [7, 11) is 0. The van der Waals surface area contributed by atoms with Crippen molar-refractivity contribution in [3.8, 4) is 5.69 Å². The Hall–Kier alpha value is -3.40. The molecule has 0 saturated carbocycles. The largest absolute Gasteiger partial charge is 0.322 e. The van der Waals surface area contributed by atoms with E-state index in [0.717, 1.165) is 33.5 Å². The summed E-state index contributed by atoms with van der Waals surface area (Å²) in [6.07, 6.45) is 1.80. The van der Waals surface area contributed by atoms with Crippen LogP contribution in [0.15, 0.2) is 73.1 Å². The smallest absolute Gasteiger partial charge is 0.255 e. The zero-order valence-corrected chi connectivity index (χ0v) is 14.7. The normalized spacial score (nSPS) is 10.8. The number of fused-ring (bicyclic) bond motifs is 1. The lowest BCUT2D eigenvalue weighted by atomic mass is 10.1. The number of nitrogens with zero attached hydrogens (tertiary/aromatic N) is 2. The van der Waals surface area contributed by atoms with E-state index < -0.39 is 0 Å². The molecule has 4 heteroatoms. The zero-order valence-electron chi connectivity index (χ0n) is 14.7. The average molecular weight is 341 g/mol. The van der Waals surface area contributed by atoms with Gasteiger partial charge in [0.15, 0.2) is 0 Å². The number of amides is 1. The molecule has 1 amide bonds. The number of para-hydroxylation sites is 2. The number of aromatic nitrogens is 2. The molecular weight excluding hydrogens is 322 g/mol. The molecule has 1 N–H and O–H groups in total. The van der Waals surface area contributed by atoms with Crippen LogP contribution in [0.4, 0.5) is 5.69 Å². The molecule has 26 heavy (non-hydrogen) atoms. The van der Waals surface area contributed by atoms with Gasteiger partial charge in [-0.2, -0.15) is 0 Å². The van der Waals surface area contributed by atoms with Crippen molar-refractivity contribution >= 4 is 22.6 Å². The molecule has 0 atom stereocenters.